The molecule has 0 atom stereocenters. The molecule has 0 saturated carbocycles. The minimum absolute atomic E-state index is 0.354. The van der Waals surface area contributed by atoms with Gasteiger partial charge in [-0.25, -0.2) is 9.78 Å². The Hall–Kier alpha value is -1.88. The number of carbonyl (C=O) groups excluding carboxylic acids is 1. The Morgan fingerprint density at radius 1 is 1.33 bits per heavy atom. The van der Waals surface area contributed by atoms with Gasteiger partial charge in [-0.1, -0.05) is 0 Å². The van der Waals surface area contributed by atoms with Crippen molar-refractivity contribution in [3.05, 3.63) is 35.0 Å². The molecule has 1 aromatic heterocycles. The maximum atomic E-state index is 11.6. The highest BCUT2D eigenvalue weighted by atomic mass is 32.1. The molecule has 0 fully saturated rings. The molecule has 0 spiro atoms. The molecule has 0 aliphatic heterocycles. The van der Waals surface area contributed by atoms with E-state index in [9.17, 15) is 4.79 Å². The van der Waals surface area contributed by atoms with Crippen LogP contribution in [0.4, 0.5) is 0 Å². The molecule has 0 bridgehead atoms. The molecule has 5 heteroatoms. The number of nitrogens with zero attached hydrogens (tertiary/aromatic N) is 1. The molecule has 0 aliphatic rings. The minimum Gasteiger partial charge on any atom is -0.496 e. The zero-order chi connectivity index (χ0) is 13.1. The lowest BCUT2D eigenvalue weighted by Gasteiger charge is -2.07. The van der Waals surface area contributed by atoms with Gasteiger partial charge in [0.1, 0.15) is 5.75 Å². The Bertz CT molecular complexity index is 577. The van der Waals surface area contributed by atoms with Crippen LogP contribution in [0.15, 0.2) is 23.7 Å². The lowest BCUT2D eigenvalue weighted by molar-refractivity contribution is 0.0596. The fraction of sp³-hybridized carbons (Fsp3) is 0.231. The van der Waals surface area contributed by atoms with Gasteiger partial charge < -0.3 is 9.47 Å². The van der Waals surface area contributed by atoms with Crippen molar-refractivity contribution in [3.63, 3.8) is 0 Å². The summed E-state index contributed by atoms with van der Waals surface area (Å²) in [5.41, 5.74) is 3.95. The zero-order valence-corrected chi connectivity index (χ0v) is 11.2. The molecule has 2 aromatic rings. The third kappa shape index (κ3) is 2.22. The lowest BCUT2D eigenvalue weighted by atomic mass is 10.1. The van der Waals surface area contributed by atoms with Crippen molar-refractivity contribution in [1.29, 1.82) is 0 Å². The van der Waals surface area contributed by atoms with Crippen LogP contribution in [0.1, 0.15) is 16.1 Å². The molecule has 4 nitrogen and oxygen atoms in total. The Labute approximate surface area is 109 Å². The van der Waals surface area contributed by atoms with Crippen molar-refractivity contribution < 1.29 is 14.3 Å². The first-order valence-electron chi connectivity index (χ1n) is 5.34. The first-order valence-corrected chi connectivity index (χ1v) is 6.22. The van der Waals surface area contributed by atoms with Crippen molar-refractivity contribution in [2.75, 3.05) is 14.2 Å². The molecule has 0 radical (unpaired) electrons. The normalized spacial score (nSPS) is 10.2. The van der Waals surface area contributed by atoms with Gasteiger partial charge in [0.05, 0.1) is 24.6 Å². The van der Waals surface area contributed by atoms with Gasteiger partial charge in [0.15, 0.2) is 5.69 Å². The van der Waals surface area contributed by atoms with Crippen LogP contribution >= 0.6 is 11.3 Å². The van der Waals surface area contributed by atoms with Crippen LogP contribution in [0.5, 0.6) is 5.75 Å². The van der Waals surface area contributed by atoms with Crippen molar-refractivity contribution in [2.45, 2.75) is 6.92 Å². The highest BCUT2D eigenvalue weighted by molar-refractivity contribution is 7.13. The largest absolute Gasteiger partial charge is 0.496 e. The van der Waals surface area contributed by atoms with E-state index in [1.807, 2.05) is 25.1 Å². The molecule has 0 amide bonds. The van der Waals surface area contributed by atoms with E-state index < -0.39 is 5.97 Å². The van der Waals surface area contributed by atoms with Crippen molar-refractivity contribution >= 4 is 17.3 Å². The second kappa shape index (κ2) is 5.18. The molecule has 0 unspecified atom stereocenters. The number of rotatable bonds is 3. The van der Waals surface area contributed by atoms with Crippen LogP contribution in [0.25, 0.3) is 10.4 Å². The van der Waals surface area contributed by atoms with Gasteiger partial charge in [-0.15, -0.1) is 11.3 Å². The van der Waals surface area contributed by atoms with E-state index in [4.69, 9.17) is 9.47 Å². The van der Waals surface area contributed by atoms with Crippen LogP contribution in [0, 0.1) is 6.92 Å². The summed E-state index contributed by atoms with van der Waals surface area (Å²) in [6.45, 7) is 1.96. The molecule has 0 N–H and O–H groups in total. The molecule has 18 heavy (non-hydrogen) atoms. The summed E-state index contributed by atoms with van der Waals surface area (Å²) in [6.07, 6.45) is 0. The number of benzene rings is 1. The number of aromatic nitrogens is 1. The number of ether oxygens (including phenoxy) is 2. The Kier molecular flexibility index (Phi) is 3.62. The van der Waals surface area contributed by atoms with Crippen LogP contribution in [0.2, 0.25) is 0 Å². The number of hydrogen-bond acceptors (Lipinski definition) is 5. The van der Waals surface area contributed by atoms with Crippen molar-refractivity contribution in [2.24, 2.45) is 0 Å². The summed E-state index contributed by atoms with van der Waals surface area (Å²) in [6, 6.07) is 5.76. The summed E-state index contributed by atoms with van der Waals surface area (Å²) in [4.78, 5) is 16.4. The second-order valence-electron chi connectivity index (χ2n) is 3.71. The number of esters is 1. The van der Waals surface area contributed by atoms with E-state index >= 15 is 0 Å². The fourth-order valence-corrected chi connectivity index (χ4v) is 2.49. The zero-order valence-electron chi connectivity index (χ0n) is 10.4. The minimum atomic E-state index is -0.417. The van der Waals surface area contributed by atoms with Gasteiger partial charge in [0.2, 0.25) is 0 Å². The molecular formula is C13H13NO3S. The van der Waals surface area contributed by atoms with Crippen molar-refractivity contribution in [1.82, 2.24) is 4.98 Å². The predicted octanol–water partition coefficient (Wildman–Crippen LogP) is 2.91. The maximum Gasteiger partial charge on any atom is 0.358 e. The van der Waals surface area contributed by atoms with Crippen LogP contribution in [-0.4, -0.2) is 25.2 Å². The molecule has 2 rings (SSSR count). The molecule has 94 valence electrons. The van der Waals surface area contributed by atoms with Gasteiger partial charge >= 0.3 is 5.97 Å². The quantitative estimate of drug-likeness (QED) is 0.799. The van der Waals surface area contributed by atoms with Gasteiger partial charge in [-0.05, 0) is 36.2 Å². The van der Waals surface area contributed by atoms with Gasteiger partial charge in [0, 0.05) is 0 Å². The average Bonchev–Trinajstić information content (AvgIpc) is 2.86. The summed E-state index contributed by atoms with van der Waals surface area (Å²) in [7, 11) is 2.99. The lowest BCUT2D eigenvalue weighted by Crippen LogP contribution is -2.03. The number of methoxy groups -OCH3 is 2. The SMILES string of the molecule is COC(=O)c1ncsc1-c1ccc(OC)c(C)c1. The molecule has 1 aromatic carbocycles. The predicted molar refractivity (Wildman–Crippen MR) is 70.2 cm³/mol. The van der Waals surface area contributed by atoms with E-state index in [2.05, 4.69) is 4.98 Å². The maximum absolute atomic E-state index is 11.6. The van der Waals surface area contributed by atoms with Gasteiger partial charge in [-0.2, -0.15) is 0 Å². The molecule has 0 saturated heterocycles. The summed E-state index contributed by atoms with van der Waals surface area (Å²) in [5, 5.41) is 0. The van der Waals surface area contributed by atoms with Gasteiger partial charge in [-0.3, -0.25) is 0 Å². The van der Waals surface area contributed by atoms with Gasteiger partial charge in [0.25, 0.3) is 0 Å². The highest BCUT2D eigenvalue weighted by Gasteiger charge is 2.17. The average molecular weight is 263 g/mol. The summed E-state index contributed by atoms with van der Waals surface area (Å²) < 4.78 is 9.92. The third-order valence-electron chi connectivity index (χ3n) is 2.60. The standard InChI is InChI=1S/C13H13NO3S/c1-8-6-9(4-5-10(8)16-2)12-11(13(15)17-3)14-7-18-12/h4-7H,1-3H3. The Morgan fingerprint density at radius 2 is 2.11 bits per heavy atom. The molecule has 1 heterocycles. The van der Waals surface area contributed by atoms with E-state index in [0.29, 0.717) is 5.69 Å². The summed E-state index contributed by atoms with van der Waals surface area (Å²) >= 11 is 1.42. The van der Waals surface area contributed by atoms with Crippen LogP contribution < -0.4 is 4.74 Å². The van der Waals surface area contributed by atoms with E-state index in [0.717, 1.165) is 21.8 Å². The first kappa shape index (κ1) is 12.6. The van der Waals surface area contributed by atoms with E-state index in [1.165, 1.54) is 18.4 Å². The van der Waals surface area contributed by atoms with E-state index in [1.54, 1.807) is 12.6 Å². The Balaban J connectivity index is 2.46. The monoisotopic (exact) mass is 263 g/mol. The number of hydrogen-bond donors (Lipinski definition) is 0. The highest BCUT2D eigenvalue weighted by Crippen LogP contribution is 2.31. The number of aryl methyl sites for hydroxylation is 1. The first-order chi connectivity index (χ1) is 8.67. The fourth-order valence-electron chi connectivity index (χ4n) is 1.71. The summed E-state index contributed by atoms with van der Waals surface area (Å²) in [5.74, 6) is 0.405. The number of thiazole rings is 1. The second-order valence-corrected chi connectivity index (χ2v) is 4.56. The Morgan fingerprint density at radius 3 is 2.72 bits per heavy atom. The van der Waals surface area contributed by atoms with Crippen molar-refractivity contribution in [3.8, 4) is 16.2 Å². The topological polar surface area (TPSA) is 48.4 Å². The smallest absolute Gasteiger partial charge is 0.358 e. The molecular weight excluding hydrogens is 250 g/mol. The van der Waals surface area contributed by atoms with E-state index in [-0.39, 0.29) is 0 Å². The molecule has 0 aliphatic carbocycles. The van der Waals surface area contributed by atoms with Crippen LogP contribution in [-0.2, 0) is 4.74 Å². The third-order valence-corrected chi connectivity index (χ3v) is 3.48. The van der Waals surface area contributed by atoms with Crippen LogP contribution in [0.3, 0.4) is 0 Å². The number of carbonyl (C=O) groups is 1.